The van der Waals surface area contributed by atoms with Crippen molar-refractivity contribution in [2.45, 2.75) is 26.7 Å². The molecule has 1 amide bonds. The average Bonchev–Trinajstić information content (AvgIpc) is 3.08. The lowest BCUT2D eigenvalue weighted by Gasteiger charge is -2.24. The summed E-state index contributed by atoms with van der Waals surface area (Å²) in [5.41, 5.74) is 3.05. The van der Waals surface area contributed by atoms with Gasteiger partial charge in [-0.3, -0.25) is 9.48 Å². The highest BCUT2D eigenvalue weighted by molar-refractivity contribution is 5.95. The molecule has 1 saturated heterocycles. The molecule has 1 aliphatic heterocycles. The van der Waals surface area contributed by atoms with Gasteiger partial charge in [-0.15, -0.1) is 0 Å². The van der Waals surface area contributed by atoms with Gasteiger partial charge in [0.05, 0.1) is 11.8 Å². The molecular formula is C16H22N4O. The molecule has 21 heavy (non-hydrogen) atoms. The second-order valence-electron chi connectivity index (χ2n) is 6.73. The molecule has 1 N–H and O–H groups in total. The number of likely N-dealkylation sites (tertiary alicyclic amines) is 1. The first-order valence-electron chi connectivity index (χ1n) is 7.30. The van der Waals surface area contributed by atoms with Crippen molar-refractivity contribution in [2.24, 2.45) is 12.5 Å². The summed E-state index contributed by atoms with van der Waals surface area (Å²) in [4.78, 5) is 17.7. The Morgan fingerprint density at radius 1 is 1.43 bits per heavy atom. The van der Waals surface area contributed by atoms with E-state index >= 15 is 0 Å². The third-order valence-electron chi connectivity index (χ3n) is 4.54. The van der Waals surface area contributed by atoms with Gasteiger partial charge in [0, 0.05) is 44.6 Å². The van der Waals surface area contributed by atoms with Crippen LogP contribution in [0.15, 0.2) is 24.8 Å². The standard InChI is InChI=1S/C16H22N4O/c1-11-5-17-7-13(11)15(21)20-9-14(16(2,3)10-20)12-6-18-19(4)8-12/h5-8,14,17H,9-10H2,1-4H3. The van der Waals surface area contributed by atoms with Crippen molar-refractivity contribution < 1.29 is 4.79 Å². The molecule has 2 aromatic rings. The van der Waals surface area contributed by atoms with Gasteiger partial charge < -0.3 is 9.88 Å². The number of nitrogens with one attached hydrogen (secondary N) is 1. The molecule has 1 atom stereocenters. The molecule has 3 rings (SSSR count). The summed E-state index contributed by atoms with van der Waals surface area (Å²) in [6, 6.07) is 0. The molecule has 1 unspecified atom stereocenters. The topological polar surface area (TPSA) is 53.9 Å². The zero-order valence-corrected chi connectivity index (χ0v) is 13.1. The van der Waals surface area contributed by atoms with Crippen molar-refractivity contribution in [3.8, 4) is 0 Å². The van der Waals surface area contributed by atoms with Gasteiger partial charge in [0.1, 0.15) is 0 Å². The summed E-state index contributed by atoms with van der Waals surface area (Å²) in [6.07, 6.45) is 7.64. The van der Waals surface area contributed by atoms with Crippen LogP contribution in [-0.2, 0) is 7.05 Å². The first kappa shape index (κ1) is 13.9. The summed E-state index contributed by atoms with van der Waals surface area (Å²) in [7, 11) is 1.93. The Hall–Kier alpha value is -2.04. The van der Waals surface area contributed by atoms with E-state index < -0.39 is 0 Å². The fourth-order valence-corrected chi connectivity index (χ4v) is 3.31. The van der Waals surface area contributed by atoms with Gasteiger partial charge in [-0.25, -0.2) is 0 Å². The largest absolute Gasteiger partial charge is 0.367 e. The van der Waals surface area contributed by atoms with E-state index in [0.717, 1.165) is 24.2 Å². The lowest BCUT2D eigenvalue weighted by Crippen LogP contribution is -2.30. The predicted molar refractivity (Wildman–Crippen MR) is 81.2 cm³/mol. The fraction of sp³-hybridized carbons (Fsp3) is 0.500. The van der Waals surface area contributed by atoms with Gasteiger partial charge in [-0.05, 0) is 23.5 Å². The zero-order valence-electron chi connectivity index (χ0n) is 13.1. The van der Waals surface area contributed by atoms with Gasteiger partial charge >= 0.3 is 0 Å². The predicted octanol–water partition coefficient (Wildman–Crippen LogP) is 2.32. The fourth-order valence-electron chi connectivity index (χ4n) is 3.31. The molecule has 112 valence electrons. The maximum atomic E-state index is 12.7. The van der Waals surface area contributed by atoms with Crippen molar-refractivity contribution >= 4 is 5.91 Å². The van der Waals surface area contributed by atoms with Gasteiger partial charge in [0.15, 0.2) is 0 Å². The van der Waals surface area contributed by atoms with Gasteiger partial charge in [-0.1, -0.05) is 13.8 Å². The number of carbonyl (C=O) groups is 1. The SMILES string of the molecule is Cc1c[nH]cc1C(=O)N1CC(c2cnn(C)c2)C(C)(C)C1. The number of hydrogen-bond acceptors (Lipinski definition) is 2. The maximum Gasteiger partial charge on any atom is 0.255 e. The molecule has 0 saturated carbocycles. The Balaban J connectivity index is 1.85. The molecule has 0 radical (unpaired) electrons. The van der Waals surface area contributed by atoms with Crippen molar-refractivity contribution in [2.75, 3.05) is 13.1 Å². The Labute approximate surface area is 125 Å². The van der Waals surface area contributed by atoms with Crippen LogP contribution in [0, 0.1) is 12.3 Å². The minimum Gasteiger partial charge on any atom is -0.367 e. The molecule has 5 heteroatoms. The van der Waals surface area contributed by atoms with Crippen molar-refractivity contribution in [3.05, 3.63) is 41.5 Å². The van der Waals surface area contributed by atoms with Crippen molar-refractivity contribution in [1.82, 2.24) is 19.7 Å². The van der Waals surface area contributed by atoms with E-state index in [2.05, 4.69) is 30.1 Å². The highest BCUT2D eigenvalue weighted by Gasteiger charge is 2.42. The molecule has 0 aliphatic carbocycles. The highest BCUT2D eigenvalue weighted by atomic mass is 16.2. The van der Waals surface area contributed by atoms with Crippen LogP contribution in [0.1, 0.15) is 41.3 Å². The molecule has 1 aliphatic rings. The van der Waals surface area contributed by atoms with Crippen molar-refractivity contribution in [1.29, 1.82) is 0 Å². The average molecular weight is 286 g/mol. The van der Waals surface area contributed by atoms with Crippen LogP contribution in [0.2, 0.25) is 0 Å². The number of aromatic nitrogens is 3. The Morgan fingerprint density at radius 3 is 2.76 bits per heavy atom. The van der Waals surface area contributed by atoms with Crippen LogP contribution < -0.4 is 0 Å². The number of amides is 1. The smallest absolute Gasteiger partial charge is 0.255 e. The Bertz CT molecular complexity index is 667. The summed E-state index contributed by atoms with van der Waals surface area (Å²) >= 11 is 0. The van der Waals surface area contributed by atoms with Crippen LogP contribution in [0.3, 0.4) is 0 Å². The van der Waals surface area contributed by atoms with Gasteiger partial charge in [0.2, 0.25) is 0 Å². The van der Waals surface area contributed by atoms with E-state index in [1.165, 1.54) is 5.56 Å². The normalized spacial score (nSPS) is 21.0. The van der Waals surface area contributed by atoms with E-state index in [-0.39, 0.29) is 11.3 Å². The van der Waals surface area contributed by atoms with Crippen LogP contribution in [-0.4, -0.2) is 38.7 Å². The molecule has 0 spiro atoms. The number of aryl methyl sites for hydroxylation is 2. The number of hydrogen-bond donors (Lipinski definition) is 1. The van der Waals surface area contributed by atoms with E-state index in [9.17, 15) is 4.79 Å². The van der Waals surface area contributed by atoms with E-state index in [0.29, 0.717) is 5.92 Å². The maximum absolute atomic E-state index is 12.7. The quantitative estimate of drug-likeness (QED) is 0.921. The number of carbonyl (C=O) groups excluding carboxylic acids is 1. The molecule has 0 bridgehead atoms. The third-order valence-corrected chi connectivity index (χ3v) is 4.54. The lowest BCUT2D eigenvalue weighted by atomic mass is 9.79. The van der Waals surface area contributed by atoms with Crippen LogP contribution in [0.5, 0.6) is 0 Å². The number of aromatic amines is 1. The second-order valence-corrected chi connectivity index (χ2v) is 6.73. The highest BCUT2D eigenvalue weighted by Crippen LogP contribution is 2.42. The molecule has 2 aromatic heterocycles. The molecule has 3 heterocycles. The van der Waals surface area contributed by atoms with Gasteiger partial charge in [0.25, 0.3) is 5.91 Å². The lowest BCUT2D eigenvalue weighted by molar-refractivity contribution is 0.0777. The van der Waals surface area contributed by atoms with Crippen LogP contribution >= 0.6 is 0 Å². The van der Waals surface area contributed by atoms with E-state index in [4.69, 9.17) is 0 Å². The molecule has 0 aromatic carbocycles. The Morgan fingerprint density at radius 2 is 2.19 bits per heavy atom. The number of rotatable bonds is 2. The van der Waals surface area contributed by atoms with Crippen LogP contribution in [0.25, 0.3) is 0 Å². The van der Waals surface area contributed by atoms with Crippen molar-refractivity contribution in [3.63, 3.8) is 0 Å². The summed E-state index contributed by atoms with van der Waals surface area (Å²) in [6.45, 7) is 7.94. The first-order valence-corrected chi connectivity index (χ1v) is 7.30. The summed E-state index contributed by atoms with van der Waals surface area (Å²) < 4.78 is 1.83. The third kappa shape index (κ3) is 2.37. The molecule has 1 fully saturated rings. The minimum absolute atomic E-state index is 0.0584. The second kappa shape index (κ2) is 4.76. The Kier molecular flexibility index (Phi) is 3.15. The monoisotopic (exact) mass is 286 g/mol. The van der Waals surface area contributed by atoms with Gasteiger partial charge in [-0.2, -0.15) is 5.10 Å². The summed E-state index contributed by atoms with van der Waals surface area (Å²) in [5.74, 6) is 0.447. The number of H-pyrrole nitrogens is 1. The first-order chi connectivity index (χ1) is 9.88. The summed E-state index contributed by atoms with van der Waals surface area (Å²) in [5, 5.41) is 4.27. The zero-order chi connectivity index (χ0) is 15.2. The molecule has 5 nitrogen and oxygen atoms in total. The van der Waals surface area contributed by atoms with E-state index in [1.807, 2.05) is 35.9 Å². The minimum atomic E-state index is 0.0584. The number of nitrogens with zero attached hydrogens (tertiary/aromatic N) is 3. The van der Waals surface area contributed by atoms with E-state index in [1.54, 1.807) is 6.20 Å². The van der Waals surface area contributed by atoms with Crippen LogP contribution in [0.4, 0.5) is 0 Å². The molecular weight excluding hydrogens is 264 g/mol.